The van der Waals surface area contributed by atoms with E-state index in [2.05, 4.69) is 19.9 Å². The summed E-state index contributed by atoms with van der Waals surface area (Å²) in [4.78, 5) is 17.3. The predicted octanol–water partition coefficient (Wildman–Crippen LogP) is 1.87. The summed E-state index contributed by atoms with van der Waals surface area (Å²) in [5.41, 5.74) is 8.47. The molecule has 1 aromatic carbocycles. The first kappa shape index (κ1) is 20.1. The summed E-state index contributed by atoms with van der Waals surface area (Å²) in [6, 6.07) is 6.50. The van der Waals surface area contributed by atoms with E-state index in [0.717, 1.165) is 20.9 Å². The highest BCUT2D eigenvalue weighted by Gasteiger charge is 2.41. The molecule has 1 atom stereocenters. The monoisotopic (exact) mass is 428 g/mol. The van der Waals surface area contributed by atoms with Crippen molar-refractivity contribution in [2.45, 2.75) is 25.8 Å². The number of sulfonamides is 1. The molecule has 1 aliphatic rings. The van der Waals surface area contributed by atoms with Crippen LogP contribution >= 0.6 is 0 Å². The molecule has 1 aliphatic heterocycles. The summed E-state index contributed by atoms with van der Waals surface area (Å²) >= 11 is 0. The van der Waals surface area contributed by atoms with Crippen LogP contribution < -0.4 is 5.73 Å². The van der Waals surface area contributed by atoms with Gasteiger partial charge in [-0.25, -0.2) is 32.1 Å². The second-order valence-corrected chi connectivity index (χ2v) is 9.66. The number of aryl methyl sites for hydroxylation is 1. The zero-order chi connectivity index (χ0) is 21.7. The van der Waals surface area contributed by atoms with Crippen LogP contribution in [0, 0.1) is 12.7 Å². The highest BCUT2D eigenvalue weighted by Crippen LogP contribution is 2.34. The average molecular weight is 428 g/mol. The molecule has 4 rings (SSSR count). The van der Waals surface area contributed by atoms with Crippen molar-refractivity contribution >= 4 is 27.0 Å². The topological polar surface area (TPSA) is 114 Å². The van der Waals surface area contributed by atoms with E-state index in [9.17, 15) is 12.8 Å². The molecule has 3 aromatic rings. The Balaban J connectivity index is 1.77. The third-order valence-electron chi connectivity index (χ3n) is 5.24. The standard InChI is InChI=1S/C20H21FN6O2S/c1-12-6-16-18(23-9-12)17(25-11-24-16)8-13-4-5-15(21)14(7-13)20(2)10-30(28,29)27(3)19(22)26-20/h4-7,9,11H,8,10H2,1-3H3,(H2,22,26)/t20-/m0/s1. The van der Waals surface area contributed by atoms with Gasteiger partial charge in [-0.2, -0.15) is 0 Å². The van der Waals surface area contributed by atoms with Gasteiger partial charge in [0.25, 0.3) is 0 Å². The molecule has 0 saturated heterocycles. The molecule has 156 valence electrons. The minimum atomic E-state index is -3.71. The Labute approximate surface area is 173 Å². The van der Waals surface area contributed by atoms with Crippen molar-refractivity contribution < 1.29 is 12.8 Å². The zero-order valence-electron chi connectivity index (χ0n) is 16.8. The van der Waals surface area contributed by atoms with Crippen LogP contribution in [0.25, 0.3) is 11.0 Å². The van der Waals surface area contributed by atoms with Crippen LogP contribution in [0.5, 0.6) is 0 Å². The minimum absolute atomic E-state index is 0.168. The van der Waals surface area contributed by atoms with Crippen molar-refractivity contribution in [3.63, 3.8) is 0 Å². The quantitative estimate of drug-likeness (QED) is 0.681. The first-order valence-electron chi connectivity index (χ1n) is 9.26. The molecule has 0 saturated carbocycles. The summed E-state index contributed by atoms with van der Waals surface area (Å²) in [7, 11) is -2.38. The molecule has 2 N–H and O–H groups in total. The van der Waals surface area contributed by atoms with Crippen LogP contribution in [-0.2, 0) is 22.0 Å². The van der Waals surface area contributed by atoms with Crippen molar-refractivity contribution in [1.82, 2.24) is 19.3 Å². The van der Waals surface area contributed by atoms with Crippen LogP contribution in [0.1, 0.15) is 29.3 Å². The molecule has 10 heteroatoms. The van der Waals surface area contributed by atoms with Gasteiger partial charge in [0.15, 0.2) is 0 Å². The molecule has 0 bridgehead atoms. The van der Waals surface area contributed by atoms with Gasteiger partial charge in [-0.05, 0) is 37.1 Å². The number of fused-ring (bicyclic) bond motifs is 1. The molecule has 0 unspecified atom stereocenters. The van der Waals surface area contributed by atoms with E-state index in [1.165, 1.54) is 19.4 Å². The summed E-state index contributed by atoms with van der Waals surface area (Å²) in [5.74, 6) is -1.09. The number of nitrogens with two attached hydrogens (primary N) is 1. The van der Waals surface area contributed by atoms with Crippen LogP contribution in [-0.4, -0.2) is 46.4 Å². The number of rotatable bonds is 3. The maximum atomic E-state index is 14.8. The largest absolute Gasteiger partial charge is 0.369 e. The normalized spacial score (nSPS) is 20.9. The summed E-state index contributed by atoms with van der Waals surface area (Å²) in [5, 5.41) is 0. The molecule has 30 heavy (non-hydrogen) atoms. The number of benzene rings is 1. The van der Waals surface area contributed by atoms with Crippen molar-refractivity contribution in [2.75, 3.05) is 12.8 Å². The van der Waals surface area contributed by atoms with E-state index in [1.807, 2.05) is 13.0 Å². The van der Waals surface area contributed by atoms with Gasteiger partial charge in [0.1, 0.15) is 23.2 Å². The molecule has 0 radical (unpaired) electrons. The van der Waals surface area contributed by atoms with Crippen molar-refractivity contribution in [1.29, 1.82) is 0 Å². The van der Waals surface area contributed by atoms with Gasteiger partial charge < -0.3 is 5.73 Å². The molecule has 0 amide bonds. The smallest absolute Gasteiger partial charge is 0.239 e. The van der Waals surface area contributed by atoms with Crippen LogP contribution in [0.4, 0.5) is 4.39 Å². The van der Waals surface area contributed by atoms with Crippen LogP contribution in [0.3, 0.4) is 0 Å². The van der Waals surface area contributed by atoms with E-state index < -0.39 is 21.4 Å². The number of hydrogen-bond donors (Lipinski definition) is 1. The first-order valence-corrected chi connectivity index (χ1v) is 10.9. The number of aromatic nitrogens is 3. The first-order chi connectivity index (χ1) is 14.1. The number of halogens is 1. The number of guanidine groups is 1. The Kier molecular flexibility index (Phi) is 4.69. The van der Waals surface area contributed by atoms with E-state index in [0.29, 0.717) is 17.6 Å². The molecular formula is C20H21FN6O2S. The Bertz CT molecular complexity index is 1290. The van der Waals surface area contributed by atoms with Gasteiger partial charge in [0, 0.05) is 25.2 Å². The van der Waals surface area contributed by atoms with Gasteiger partial charge in [0.05, 0.1) is 17.0 Å². The molecule has 0 fully saturated rings. The SMILES string of the molecule is Cc1cnc2c(Cc3ccc(F)c([C@]4(C)CS(=O)(=O)N(C)C(N)=N4)c3)ncnc2c1. The van der Waals surface area contributed by atoms with Crippen molar-refractivity contribution in [3.05, 3.63) is 65.0 Å². The Hall–Kier alpha value is -3.14. The molecule has 2 aromatic heterocycles. The zero-order valence-corrected chi connectivity index (χ0v) is 17.6. The summed E-state index contributed by atoms with van der Waals surface area (Å²) < 4.78 is 40.6. The maximum absolute atomic E-state index is 14.8. The third kappa shape index (κ3) is 3.47. The van der Waals surface area contributed by atoms with Crippen LogP contribution in [0.2, 0.25) is 0 Å². The predicted molar refractivity (Wildman–Crippen MR) is 112 cm³/mol. The lowest BCUT2D eigenvalue weighted by Crippen LogP contribution is -2.50. The Morgan fingerprint density at radius 1 is 1.23 bits per heavy atom. The molecule has 0 aliphatic carbocycles. The van der Waals surface area contributed by atoms with E-state index in [-0.39, 0.29) is 17.3 Å². The minimum Gasteiger partial charge on any atom is -0.369 e. The number of nitrogens with zero attached hydrogens (tertiary/aromatic N) is 5. The number of pyridine rings is 1. The van der Waals surface area contributed by atoms with Crippen LogP contribution in [0.15, 0.2) is 41.8 Å². The fraction of sp³-hybridized carbons (Fsp3) is 0.300. The number of aliphatic imine (C=N–C) groups is 1. The fourth-order valence-corrected chi connectivity index (χ4v) is 5.05. The summed E-state index contributed by atoms with van der Waals surface area (Å²) in [6.07, 6.45) is 3.59. The fourth-order valence-electron chi connectivity index (χ4n) is 3.60. The third-order valence-corrected chi connectivity index (χ3v) is 7.18. The maximum Gasteiger partial charge on any atom is 0.239 e. The number of hydrogen-bond acceptors (Lipinski definition) is 7. The van der Waals surface area contributed by atoms with Gasteiger partial charge in [-0.15, -0.1) is 0 Å². The second-order valence-electron chi connectivity index (χ2n) is 7.66. The molecule has 0 spiro atoms. The van der Waals surface area contributed by atoms with E-state index in [4.69, 9.17) is 5.73 Å². The van der Waals surface area contributed by atoms with Crippen molar-refractivity contribution in [3.8, 4) is 0 Å². The average Bonchev–Trinajstić information content (AvgIpc) is 2.67. The summed E-state index contributed by atoms with van der Waals surface area (Å²) in [6.45, 7) is 3.50. The molecule has 8 nitrogen and oxygen atoms in total. The van der Waals surface area contributed by atoms with Gasteiger partial charge in [0.2, 0.25) is 16.0 Å². The lowest BCUT2D eigenvalue weighted by Gasteiger charge is -2.34. The van der Waals surface area contributed by atoms with Gasteiger partial charge >= 0.3 is 0 Å². The highest BCUT2D eigenvalue weighted by atomic mass is 32.2. The van der Waals surface area contributed by atoms with Crippen molar-refractivity contribution in [2.24, 2.45) is 10.7 Å². The second kappa shape index (κ2) is 6.98. The molecule has 3 heterocycles. The molecular weight excluding hydrogens is 407 g/mol. The van der Waals surface area contributed by atoms with Gasteiger partial charge in [-0.1, -0.05) is 12.1 Å². The van der Waals surface area contributed by atoms with E-state index in [1.54, 1.807) is 25.3 Å². The van der Waals surface area contributed by atoms with Gasteiger partial charge in [-0.3, -0.25) is 4.98 Å². The lowest BCUT2D eigenvalue weighted by molar-refractivity contribution is 0.457. The highest BCUT2D eigenvalue weighted by molar-refractivity contribution is 7.89. The van der Waals surface area contributed by atoms with E-state index >= 15 is 0 Å². The Morgan fingerprint density at radius 3 is 2.73 bits per heavy atom. The Morgan fingerprint density at radius 2 is 2.00 bits per heavy atom. The lowest BCUT2D eigenvalue weighted by atomic mass is 9.91.